The Hall–Kier alpha value is -1.53. The summed E-state index contributed by atoms with van der Waals surface area (Å²) in [6.07, 6.45) is 0. The molecule has 6 heteroatoms. The van der Waals surface area contributed by atoms with Gasteiger partial charge in [-0.05, 0) is 64.9 Å². The minimum atomic E-state index is -0.348. The number of hydrogen-bond acceptors (Lipinski definition) is 1. The van der Waals surface area contributed by atoms with Crippen LogP contribution in [0.15, 0.2) is 34.8 Å². The van der Waals surface area contributed by atoms with Gasteiger partial charge in [-0.3, -0.25) is 4.57 Å². The van der Waals surface area contributed by atoms with Gasteiger partial charge in [0.1, 0.15) is 11.6 Å². The molecule has 0 amide bonds. The van der Waals surface area contributed by atoms with Crippen LogP contribution in [-0.4, -0.2) is 9.55 Å². The number of aryl methyl sites for hydroxylation is 1. The molecule has 3 aromatic rings. The van der Waals surface area contributed by atoms with Crippen molar-refractivity contribution in [3.8, 4) is 5.69 Å². The summed E-state index contributed by atoms with van der Waals surface area (Å²) < 4.78 is 29.5. The third kappa shape index (κ3) is 2.09. The largest absolute Gasteiger partial charge is 0.330 e. The number of aromatic amines is 1. The summed E-state index contributed by atoms with van der Waals surface area (Å²) in [5.41, 5.74) is 2.78. The summed E-state index contributed by atoms with van der Waals surface area (Å²) in [5, 5.41) is 0. The molecule has 0 aliphatic rings. The van der Waals surface area contributed by atoms with E-state index in [4.69, 9.17) is 12.2 Å². The SMILES string of the molecule is Cc1cc(F)c(Br)cc1-n1c(=S)[nH]c2ccc(F)cc21. The summed E-state index contributed by atoms with van der Waals surface area (Å²) in [6, 6.07) is 7.45. The van der Waals surface area contributed by atoms with Crippen LogP contribution in [0, 0.1) is 23.3 Å². The van der Waals surface area contributed by atoms with E-state index in [0.29, 0.717) is 26.0 Å². The second-order valence-electron chi connectivity index (χ2n) is 4.48. The Kier molecular flexibility index (Phi) is 3.22. The van der Waals surface area contributed by atoms with Crippen LogP contribution in [0.1, 0.15) is 5.56 Å². The lowest BCUT2D eigenvalue weighted by Gasteiger charge is -2.10. The van der Waals surface area contributed by atoms with Crippen molar-refractivity contribution in [1.29, 1.82) is 0 Å². The molecule has 2 aromatic carbocycles. The Bertz CT molecular complexity index is 883. The second-order valence-corrected chi connectivity index (χ2v) is 5.72. The first-order valence-corrected chi connectivity index (χ1v) is 7.04. The number of nitrogens with one attached hydrogen (secondary N) is 1. The van der Waals surface area contributed by atoms with Gasteiger partial charge in [0.15, 0.2) is 4.77 Å². The normalized spacial score (nSPS) is 11.2. The third-order valence-electron chi connectivity index (χ3n) is 3.13. The molecular formula is C14H9BrF2N2S. The molecule has 0 unspecified atom stereocenters. The molecule has 3 rings (SSSR count). The van der Waals surface area contributed by atoms with Gasteiger partial charge in [-0.2, -0.15) is 0 Å². The maximum absolute atomic E-state index is 13.5. The van der Waals surface area contributed by atoms with Crippen LogP contribution < -0.4 is 0 Å². The first-order chi connectivity index (χ1) is 9.47. The fraction of sp³-hybridized carbons (Fsp3) is 0.0714. The molecule has 0 atom stereocenters. The molecule has 0 spiro atoms. The summed E-state index contributed by atoms with van der Waals surface area (Å²) in [7, 11) is 0. The Morgan fingerprint density at radius 3 is 2.70 bits per heavy atom. The van der Waals surface area contributed by atoms with Crippen LogP contribution in [0.4, 0.5) is 8.78 Å². The highest BCUT2D eigenvalue weighted by atomic mass is 79.9. The maximum Gasteiger partial charge on any atom is 0.182 e. The average molecular weight is 355 g/mol. The lowest BCUT2D eigenvalue weighted by atomic mass is 10.2. The van der Waals surface area contributed by atoms with Gasteiger partial charge in [0.25, 0.3) is 0 Å². The van der Waals surface area contributed by atoms with Crippen molar-refractivity contribution in [2.45, 2.75) is 6.92 Å². The number of fused-ring (bicyclic) bond motifs is 1. The predicted octanol–water partition coefficient (Wildman–Crippen LogP) is 5.04. The van der Waals surface area contributed by atoms with Gasteiger partial charge in [0.05, 0.1) is 21.2 Å². The number of aromatic nitrogens is 2. The van der Waals surface area contributed by atoms with Crippen LogP contribution >= 0.6 is 28.1 Å². The minimum Gasteiger partial charge on any atom is -0.330 e. The van der Waals surface area contributed by atoms with Crippen molar-refractivity contribution in [2.75, 3.05) is 0 Å². The Morgan fingerprint density at radius 2 is 1.95 bits per heavy atom. The van der Waals surface area contributed by atoms with Gasteiger partial charge < -0.3 is 4.98 Å². The number of halogens is 3. The Balaban J connectivity index is 2.40. The van der Waals surface area contributed by atoms with Crippen LogP contribution in [-0.2, 0) is 0 Å². The van der Waals surface area contributed by atoms with Crippen LogP contribution in [0.25, 0.3) is 16.7 Å². The summed E-state index contributed by atoms with van der Waals surface area (Å²) in [4.78, 5) is 3.02. The minimum absolute atomic E-state index is 0.339. The van der Waals surface area contributed by atoms with E-state index in [1.807, 2.05) is 0 Å². The molecule has 0 saturated heterocycles. The summed E-state index contributed by atoms with van der Waals surface area (Å²) in [5.74, 6) is -0.692. The standard InChI is InChI=1S/C14H9BrF2N2S/c1-7-4-10(17)9(15)6-12(7)19-13-5-8(16)2-3-11(13)18-14(19)20/h2-6H,1H3,(H,18,20). The zero-order valence-electron chi connectivity index (χ0n) is 10.4. The zero-order valence-corrected chi connectivity index (χ0v) is 12.8. The highest BCUT2D eigenvalue weighted by Gasteiger charge is 2.12. The van der Waals surface area contributed by atoms with E-state index in [1.54, 1.807) is 23.6 Å². The van der Waals surface area contributed by atoms with Gasteiger partial charge in [0, 0.05) is 6.07 Å². The lowest BCUT2D eigenvalue weighted by molar-refractivity contribution is 0.619. The fourth-order valence-corrected chi connectivity index (χ4v) is 2.83. The molecule has 102 valence electrons. The summed E-state index contributed by atoms with van der Waals surface area (Å²) in [6.45, 7) is 1.78. The zero-order chi connectivity index (χ0) is 14.4. The third-order valence-corrected chi connectivity index (χ3v) is 4.02. The number of benzene rings is 2. The van der Waals surface area contributed by atoms with Gasteiger partial charge >= 0.3 is 0 Å². The monoisotopic (exact) mass is 354 g/mol. The Labute approximate surface area is 127 Å². The van der Waals surface area contributed by atoms with E-state index in [0.717, 1.165) is 5.52 Å². The molecule has 1 aromatic heterocycles. The number of H-pyrrole nitrogens is 1. The number of imidazole rings is 1. The van der Waals surface area contributed by atoms with Crippen LogP contribution in [0.2, 0.25) is 0 Å². The molecule has 2 nitrogen and oxygen atoms in total. The van der Waals surface area contributed by atoms with E-state index in [1.165, 1.54) is 18.2 Å². The van der Waals surface area contributed by atoms with Gasteiger partial charge in [-0.1, -0.05) is 0 Å². The van der Waals surface area contributed by atoms with Crippen molar-refractivity contribution in [3.63, 3.8) is 0 Å². The Morgan fingerprint density at radius 1 is 1.20 bits per heavy atom. The highest BCUT2D eigenvalue weighted by molar-refractivity contribution is 9.10. The topological polar surface area (TPSA) is 20.7 Å². The van der Waals surface area contributed by atoms with Crippen molar-refractivity contribution in [1.82, 2.24) is 9.55 Å². The van der Waals surface area contributed by atoms with E-state index in [2.05, 4.69) is 20.9 Å². The first kappa shape index (κ1) is 13.5. The quantitative estimate of drug-likeness (QED) is 0.607. The molecule has 20 heavy (non-hydrogen) atoms. The summed E-state index contributed by atoms with van der Waals surface area (Å²) >= 11 is 8.45. The average Bonchev–Trinajstić information content (AvgIpc) is 2.69. The van der Waals surface area contributed by atoms with Crippen molar-refractivity contribution >= 4 is 39.2 Å². The van der Waals surface area contributed by atoms with E-state index < -0.39 is 0 Å². The smallest absolute Gasteiger partial charge is 0.182 e. The molecule has 0 saturated carbocycles. The van der Waals surface area contributed by atoms with Crippen molar-refractivity contribution in [2.24, 2.45) is 0 Å². The predicted molar refractivity (Wildman–Crippen MR) is 80.8 cm³/mol. The van der Waals surface area contributed by atoms with Crippen LogP contribution in [0.5, 0.6) is 0 Å². The molecule has 1 heterocycles. The van der Waals surface area contributed by atoms with Crippen LogP contribution in [0.3, 0.4) is 0 Å². The fourth-order valence-electron chi connectivity index (χ4n) is 2.19. The van der Waals surface area contributed by atoms with E-state index >= 15 is 0 Å². The molecule has 0 fully saturated rings. The first-order valence-electron chi connectivity index (χ1n) is 5.83. The lowest BCUT2D eigenvalue weighted by Crippen LogP contribution is -1.98. The second kappa shape index (κ2) is 4.79. The van der Waals surface area contributed by atoms with Gasteiger partial charge in [-0.15, -0.1) is 0 Å². The number of nitrogens with zero attached hydrogens (tertiary/aromatic N) is 1. The number of rotatable bonds is 1. The molecule has 1 N–H and O–H groups in total. The number of hydrogen-bond donors (Lipinski definition) is 1. The van der Waals surface area contributed by atoms with Gasteiger partial charge in [0.2, 0.25) is 0 Å². The molecule has 0 radical (unpaired) electrons. The van der Waals surface area contributed by atoms with Crippen molar-refractivity contribution in [3.05, 3.63) is 56.8 Å². The van der Waals surface area contributed by atoms with Gasteiger partial charge in [-0.25, -0.2) is 8.78 Å². The molecule has 0 aliphatic heterocycles. The van der Waals surface area contributed by atoms with E-state index in [-0.39, 0.29) is 11.6 Å². The molecular weight excluding hydrogens is 346 g/mol. The maximum atomic E-state index is 13.5. The highest BCUT2D eigenvalue weighted by Crippen LogP contribution is 2.27. The van der Waals surface area contributed by atoms with E-state index in [9.17, 15) is 8.78 Å². The van der Waals surface area contributed by atoms with Crippen molar-refractivity contribution < 1.29 is 8.78 Å². The molecule has 0 bridgehead atoms. The molecule has 0 aliphatic carbocycles.